The van der Waals surface area contributed by atoms with Gasteiger partial charge in [-0.3, -0.25) is 9.89 Å². The Balaban J connectivity index is 1.29. The predicted octanol–water partition coefficient (Wildman–Crippen LogP) is 5.40. The van der Waals surface area contributed by atoms with E-state index in [1.54, 1.807) is 11.3 Å². The normalized spacial score (nSPS) is 14.0. The molecule has 174 valence electrons. The minimum absolute atomic E-state index is 0.0239. The summed E-state index contributed by atoms with van der Waals surface area (Å²) in [5.74, 6) is -0.0239. The van der Waals surface area contributed by atoms with Gasteiger partial charge in [-0.05, 0) is 57.0 Å². The highest BCUT2D eigenvalue weighted by atomic mass is 32.1. The lowest BCUT2D eigenvalue weighted by atomic mass is 10.1. The topological polar surface area (TPSA) is 65.1 Å². The number of anilines is 1. The standard InChI is InChI=1S/C27H29N5OS/c1-17-6-5-7-21(14-17)26-28-20(4)25(34-26)22-16-23(30-29-22)27(33)32-12-10-31(11-13-32)24-15-18(2)8-9-19(24)3/h5-9,14-16H,10-13H2,1-4H3,(H,29,30). The average molecular weight is 472 g/mol. The quantitative estimate of drug-likeness (QED) is 0.433. The third kappa shape index (κ3) is 4.35. The van der Waals surface area contributed by atoms with Crippen molar-refractivity contribution in [1.29, 1.82) is 0 Å². The molecule has 34 heavy (non-hydrogen) atoms. The molecule has 0 aliphatic carbocycles. The van der Waals surface area contributed by atoms with Gasteiger partial charge in [0.15, 0.2) is 5.69 Å². The molecule has 1 N–H and O–H groups in total. The number of aromatic amines is 1. The van der Waals surface area contributed by atoms with Crippen molar-refractivity contribution in [1.82, 2.24) is 20.1 Å². The largest absolute Gasteiger partial charge is 0.368 e. The highest BCUT2D eigenvalue weighted by Crippen LogP contribution is 2.35. The van der Waals surface area contributed by atoms with Crippen molar-refractivity contribution >= 4 is 22.9 Å². The van der Waals surface area contributed by atoms with Crippen LogP contribution in [0, 0.1) is 27.7 Å². The number of benzene rings is 2. The summed E-state index contributed by atoms with van der Waals surface area (Å²) in [6, 6.07) is 16.8. The molecule has 3 heterocycles. The van der Waals surface area contributed by atoms with Crippen molar-refractivity contribution in [3.63, 3.8) is 0 Å². The Morgan fingerprint density at radius 1 is 0.941 bits per heavy atom. The third-order valence-electron chi connectivity index (χ3n) is 6.38. The highest BCUT2D eigenvalue weighted by molar-refractivity contribution is 7.18. The van der Waals surface area contributed by atoms with E-state index in [1.165, 1.54) is 22.4 Å². The van der Waals surface area contributed by atoms with Crippen LogP contribution in [0.3, 0.4) is 0 Å². The van der Waals surface area contributed by atoms with Crippen molar-refractivity contribution in [2.75, 3.05) is 31.1 Å². The molecule has 0 spiro atoms. The second-order valence-electron chi connectivity index (χ2n) is 9.04. The first kappa shape index (κ1) is 22.3. The lowest BCUT2D eigenvalue weighted by molar-refractivity contribution is 0.0741. The fourth-order valence-electron chi connectivity index (χ4n) is 4.47. The SMILES string of the molecule is Cc1cccc(-c2nc(C)c(-c3cc(C(=O)N4CCN(c5cc(C)ccc5C)CC4)n[nH]3)s2)c1. The van der Waals surface area contributed by atoms with Gasteiger partial charge in [-0.15, -0.1) is 11.3 Å². The fraction of sp³-hybridized carbons (Fsp3) is 0.296. The molecule has 1 aliphatic rings. The molecule has 1 fully saturated rings. The first-order valence-electron chi connectivity index (χ1n) is 11.6. The number of nitrogens with zero attached hydrogens (tertiary/aromatic N) is 4. The number of hydrogen-bond acceptors (Lipinski definition) is 5. The minimum atomic E-state index is -0.0239. The number of piperazine rings is 1. The first-order valence-corrected chi connectivity index (χ1v) is 12.4. The zero-order chi connectivity index (χ0) is 23.8. The summed E-state index contributed by atoms with van der Waals surface area (Å²) >= 11 is 1.62. The number of H-pyrrole nitrogens is 1. The molecule has 1 saturated heterocycles. The Morgan fingerprint density at radius 2 is 1.71 bits per heavy atom. The van der Waals surface area contributed by atoms with E-state index in [0.29, 0.717) is 18.8 Å². The van der Waals surface area contributed by atoms with Crippen LogP contribution >= 0.6 is 11.3 Å². The number of hydrogen-bond donors (Lipinski definition) is 1. The molecular formula is C27H29N5OS. The van der Waals surface area contributed by atoms with E-state index in [4.69, 9.17) is 4.98 Å². The first-order chi connectivity index (χ1) is 16.4. The molecule has 0 saturated carbocycles. The molecule has 0 bridgehead atoms. The molecule has 2 aromatic carbocycles. The fourth-order valence-corrected chi connectivity index (χ4v) is 5.50. The van der Waals surface area contributed by atoms with Gasteiger partial charge in [0.25, 0.3) is 5.91 Å². The van der Waals surface area contributed by atoms with Gasteiger partial charge in [-0.25, -0.2) is 4.98 Å². The van der Waals surface area contributed by atoms with E-state index in [-0.39, 0.29) is 5.91 Å². The van der Waals surface area contributed by atoms with Gasteiger partial charge in [0, 0.05) is 37.4 Å². The number of carbonyl (C=O) groups excluding carboxylic acids is 1. The number of carbonyl (C=O) groups is 1. The van der Waals surface area contributed by atoms with Crippen LogP contribution in [-0.4, -0.2) is 52.2 Å². The van der Waals surface area contributed by atoms with E-state index >= 15 is 0 Å². The molecule has 1 amide bonds. The Morgan fingerprint density at radius 3 is 2.47 bits per heavy atom. The van der Waals surface area contributed by atoms with Crippen molar-refractivity contribution < 1.29 is 4.79 Å². The zero-order valence-corrected chi connectivity index (χ0v) is 20.9. The van der Waals surface area contributed by atoms with Gasteiger partial charge >= 0.3 is 0 Å². The maximum atomic E-state index is 13.2. The molecular weight excluding hydrogens is 442 g/mol. The lowest BCUT2D eigenvalue weighted by Crippen LogP contribution is -2.49. The molecule has 0 atom stereocenters. The van der Waals surface area contributed by atoms with E-state index in [9.17, 15) is 4.79 Å². The van der Waals surface area contributed by atoms with Crippen LogP contribution in [0.5, 0.6) is 0 Å². The van der Waals surface area contributed by atoms with Gasteiger partial charge in [0.05, 0.1) is 16.3 Å². The summed E-state index contributed by atoms with van der Waals surface area (Å²) < 4.78 is 0. The number of aryl methyl sites for hydroxylation is 4. The Bertz CT molecular complexity index is 1350. The van der Waals surface area contributed by atoms with Crippen molar-refractivity contribution in [3.8, 4) is 21.1 Å². The summed E-state index contributed by atoms with van der Waals surface area (Å²) in [5.41, 5.74) is 8.34. The van der Waals surface area contributed by atoms with E-state index in [2.05, 4.69) is 72.3 Å². The van der Waals surface area contributed by atoms with Gasteiger partial charge in [0.1, 0.15) is 5.01 Å². The molecule has 0 radical (unpaired) electrons. The molecule has 2 aromatic heterocycles. The van der Waals surface area contributed by atoms with Gasteiger partial charge in [-0.2, -0.15) is 5.10 Å². The number of rotatable bonds is 4. The van der Waals surface area contributed by atoms with Gasteiger partial charge < -0.3 is 9.80 Å². The van der Waals surface area contributed by atoms with Crippen LogP contribution in [0.2, 0.25) is 0 Å². The van der Waals surface area contributed by atoms with Gasteiger partial charge in [0.2, 0.25) is 0 Å². The lowest BCUT2D eigenvalue weighted by Gasteiger charge is -2.36. The minimum Gasteiger partial charge on any atom is -0.368 e. The highest BCUT2D eigenvalue weighted by Gasteiger charge is 2.25. The molecule has 1 aliphatic heterocycles. The predicted molar refractivity (Wildman–Crippen MR) is 139 cm³/mol. The molecule has 0 unspecified atom stereocenters. The van der Waals surface area contributed by atoms with Crippen LogP contribution in [0.25, 0.3) is 21.1 Å². The molecule has 4 aromatic rings. The summed E-state index contributed by atoms with van der Waals surface area (Å²) in [6.45, 7) is 11.4. The average Bonchev–Trinajstić information content (AvgIpc) is 3.47. The number of nitrogens with one attached hydrogen (secondary N) is 1. The third-order valence-corrected chi connectivity index (χ3v) is 7.62. The zero-order valence-electron chi connectivity index (χ0n) is 20.1. The monoisotopic (exact) mass is 471 g/mol. The van der Waals surface area contributed by atoms with Crippen molar-refractivity contribution in [2.24, 2.45) is 0 Å². The summed E-state index contributed by atoms with van der Waals surface area (Å²) in [5, 5.41) is 8.40. The van der Waals surface area contributed by atoms with Crippen molar-refractivity contribution in [2.45, 2.75) is 27.7 Å². The Kier molecular flexibility index (Phi) is 5.96. The van der Waals surface area contributed by atoms with Crippen molar-refractivity contribution in [3.05, 3.63) is 76.6 Å². The van der Waals surface area contributed by atoms with Crippen LogP contribution in [-0.2, 0) is 0 Å². The Labute approximate surface area is 204 Å². The number of amides is 1. The smallest absolute Gasteiger partial charge is 0.274 e. The summed E-state index contributed by atoms with van der Waals surface area (Å²) in [4.78, 5) is 23.2. The Hall–Kier alpha value is -3.45. The number of aromatic nitrogens is 3. The summed E-state index contributed by atoms with van der Waals surface area (Å²) in [6.07, 6.45) is 0. The van der Waals surface area contributed by atoms with E-state index < -0.39 is 0 Å². The van der Waals surface area contributed by atoms with Crippen LogP contribution in [0.1, 0.15) is 32.9 Å². The van der Waals surface area contributed by atoms with Crippen LogP contribution in [0.4, 0.5) is 5.69 Å². The molecule has 7 heteroatoms. The maximum Gasteiger partial charge on any atom is 0.274 e. The summed E-state index contributed by atoms with van der Waals surface area (Å²) in [7, 11) is 0. The van der Waals surface area contributed by atoms with E-state index in [0.717, 1.165) is 39.9 Å². The second kappa shape index (κ2) is 9.06. The second-order valence-corrected chi connectivity index (χ2v) is 10.0. The molecule has 5 rings (SSSR count). The maximum absolute atomic E-state index is 13.2. The van der Waals surface area contributed by atoms with Gasteiger partial charge in [-0.1, -0.05) is 35.9 Å². The number of thiazole rings is 1. The van der Waals surface area contributed by atoms with Crippen LogP contribution < -0.4 is 4.90 Å². The van der Waals surface area contributed by atoms with Crippen LogP contribution in [0.15, 0.2) is 48.5 Å². The molecule has 6 nitrogen and oxygen atoms in total. The van der Waals surface area contributed by atoms with E-state index in [1.807, 2.05) is 24.0 Å².